The van der Waals surface area contributed by atoms with Gasteiger partial charge < -0.3 is 25.3 Å². The van der Waals surface area contributed by atoms with Crippen molar-refractivity contribution in [2.75, 3.05) is 66.2 Å². The topological polar surface area (TPSA) is 165 Å². The number of aryl methyl sites for hydroxylation is 2. The van der Waals surface area contributed by atoms with E-state index in [0.29, 0.717) is 44.5 Å². The fraction of sp³-hybridized carbons (Fsp3) is 0.359. The quantitative estimate of drug-likeness (QED) is 0.173. The molecule has 3 aliphatic rings. The van der Waals surface area contributed by atoms with Crippen molar-refractivity contribution >= 4 is 62.9 Å². The minimum atomic E-state index is -0.471. The molecule has 5 aromatic rings. The Balaban J connectivity index is 0.779. The van der Waals surface area contributed by atoms with Crippen LogP contribution in [0.15, 0.2) is 76.6 Å². The molecule has 2 bridgehead atoms. The number of H-pyrrole nitrogens is 1. The molecule has 0 spiro atoms. The molecule has 15 nitrogen and oxygen atoms in total. The summed E-state index contributed by atoms with van der Waals surface area (Å²) >= 11 is 7.52. The van der Waals surface area contributed by atoms with Crippen LogP contribution < -0.4 is 31.7 Å². The van der Waals surface area contributed by atoms with Crippen LogP contribution in [0.2, 0.25) is 5.02 Å². The summed E-state index contributed by atoms with van der Waals surface area (Å²) in [4.78, 5) is 75.3. The molecule has 290 valence electrons. The number of para-hydroxylation sites is 1. The average molecular weight is 796 g/mol. The molecule has 8 rings (SSSR count). The number of anilines is 5. The summed E-state index contributed by atoms with van der Waals surface area (Å²) in [6.45, 7) is 9.48. The van der Waals surface area contributed by atoms with E-state index in [4.69, 9.17) is 16.6 Å². The summed E-state index contributed by atoms with van der Waals surface area (Å²) in [5, 5.41) is 7.16. The maximum Gasteiger partial charge on any atom is 0.332 e. The number of carbonyl (C=O) groups excluding carboxylic acids is 2. The van der Waals surface area contributed by atoms with Gasteiger partial charge in [-0.25, -0.2) is 19.7 Å². The molecule has 0 saturated carbocycles. The number of hydrogen-bond acceptors (Lipinski definition) is 12. The van der Waals surface area contributed by atoms with Gasteiger partial charge in [-0.15, -0.1) is 0 Å². The van der Waals surface area contributed by atoms with E-state index in [1.165, 1.54) is 34.4 Å². The van der Waals surface area contributed by atoms with Crippen LogP contribution in [0, 0.1) is 13.8 Å². The Morgan fingerprint density at radius 1 is 0.964 bits per heavy atom. The van der Waals surface area contributed by atoms with Crippen LogP contribution in [0.3, 0.4) is 0 Å². The number of halogens is 1. The van der Waals surface area contributed by atoms with E-state index in [0.717, 1.165) is 75.7 Å². The highest BCUT2D eigenvalue weighted by atomic mass is 35.5. The van der Waals surface area contributed by atoms with Crippen LogP contribution in [0.25, 0.3) is 5.69 Å². The second-order valence-corrected chi connectivity index (χ2v) is 15.8. The molecular formula is C39H42ClN11O4S. The molecule has 56 heavy (non-hydrogen) atoms. The van der Waals surface area contributed by atoms with Crippen LogP contribution >= 0.6 is 22.9 Å². The first kappa shape index (κ1) is 37.3. The van der Waals surface area contributed by atoms with E-state index in [1.807, 2.05) is 56.3 Å². The Labute approximate surface area is 332 Å². The summed E-state index contributed by atoms with van der Waals surface area (Å²) in [5.74, 6) is 2.01. The number of benzene rings is 2. The summed E-state index contributed by atoms with van der Waals surface area (Å²) in [6, 6.07) is 16.9. The van der Waals surface area contributed by atoms with Crippen molar-refractivity contribution in [2.45, 2.75) is 45.2 Å². The summed E-state index contributed by atoms with van der Waals surface area (Å²) in [6.07, 6.45) is 5.32. The predicted molar refractivity (Wildman–Crippen MR) is 218 cm³/mol. The van der Waals surface area contributed by atoms with Crippen LogP contribution in [0.4, 0.5) is 28.1 Å². The fourth-order valence-electron chi connectivity index (χ4n) is 7.80. The minimum Gasteiger partial charge on any atom is -0.365 e. The monoisotopic (exact) mass is 795 g/mol. The van der Waals surface area contributed by atoms with Crippen molar-refractivity contribution < 1.29 is 9.59 Å². The summed E-state index contributed by atoms with van der Waals surface area (Å²) in [7, 11) is 0. The number of hydrogen-bond donors (Lipinski definition) is 3. The van der Waals surface area contributed by atoms with E-state index in [1.54, 1.807) is 6.07 Å². The van der Waals surface area contributed by atoms with Gasteiger partial charge >= 0.3 is 5.69 Å². The highest BCUT2D eigenvalue weighted by Crippen LogP contribution is 2.35. The lowest BCUT2D eigenvalue weighted by Gasteiger charge is -2.36. The Morgan fingerprint density at radius 2 is 1.75 bits per heavy atom. The van der Waals surface area contributed by atoms with Gasteiger partial charge in [-0.05, 0) is 69.1 Å². The smallest absolute Gasteiger partial charge is 0.332 e. The SMILES string of the molecule is Cc1nc(Nc2ncc(C(=O)Nc3c(C)cccc3Cl)s2)cc(N2CCN(CCCC(=O)N3CC4CC3CN4c3ccc(-n4ccc(=O)[nH]c4=O)cc3)CC2)n1. The number of amides is 2. The van der Waals surface area contributed by atoms with Crippen molar-refractivity contribution in [3.05, 3.63) is 109 Å². The molecule has 2 aromatic carbocycles. The molecule has 3 N–H and O–H groups in total. The number of fused-ring (bicyclic) bond motifs is 2. The maximum atomic E-state index is 13.3. The lowest BCUT2D eigenvalue weighted by atomic mass is 10.2. The van der Waals surface area contributed by atoms with E-state index < -0.39 is 11.2 Å². The third-order valence-electron chi connectivity index (χ3n) is 10.7. The molecule has 3 fully saturated rings. The molecule has 3 saturated heterocycles. The van der Waals surface area contributed by atoms with Gasteiger partial charge in [0, 0.05) is 75.7 Å². The summed E-state index contributed by atoms with van der Waals surface area (Å²) < 4.78 is 1.41. The molecule has 0 radical (unpaired) electrons. The van der Waals surface area contributed by atoms with E-state index in [2.05, 4.69) is 45.2 Å². The second-order valence-electron chi connectivity index (χ2n) is 14.4. The van der Waals surface area contributed by atoms with E-state index in [-0.39, 0.29) is 23.9 Å². The number of thiazole rings is 1. The average Bonchev–Trinajstić information content (AvgIpc) is 3.94. The van der Waals surface area contributed by atoms with Crippen LogP contribution in [0.1, 0.15) is 40.3 Å². The molecule has 2 atom stereocenters. The third kappa shape index (κ3) is 8.03. The van der Waals surface area contributed by atoms with Crippen LogP contribution in [-0.2, 0) is 4.79 Å². The largest absolute Gasteiger partial charge is 0.365 e. The van der Waals surface area contributed by atoms with Gasteiger partial charge in [-0.3, -0.25) is 28.8 Å². The number of aromatic amines is 1. The third-order valence-corrected chi connectivity index (χ3v) is 11.9. The van der Waals surface area contributed by atoms with Gasteiger partial charge in [0.1, 0.15) is 22.3 Å². The zero-order chi connectivity index (χ0) is 38.9. The normalized spacial score (nSPS) is 18.1. The molecule has 0 aliphatic carbocycles. The van der Waals surface area contributed by atoms with Crippen molar-refractivity contribution in [1.29, 1.82) is 0 Å². The first-order valence-corrected chi connectivity index (χ1v) is 19.9. The van der Waals surface area contributed by atoms with Gasteiger partial charge in [-0.2, -0.15) is 0 Å². The Morgan fingerprint density at radius 3 is 2.48 bits per heavy atom. The van der Waals surface area contributed by atoms with Crippen molar-refractivity contribution in [3.8, 4) is 5.69 Å². The lowest BCUT2D eigenvalue weighted by Crippen LogP contribution is -2.49. The molecule has 2 amide bonds. The number of carbonyl (C=O) groups is 2. The number of nitrogens with one attached hydrogen (secondary N) is 3. The van der Waals surface area contributed by atoms with Gasteiger partial charge in [0.15, 0.2) is 5.13 Å². The fourth-order valence-corrected chi connectivity index (χ4v) is 8.79. The molecule has 6 heterocycles. The molecule has 3 aliphatic heterocycles. The number of likely N-dealkylation sites (tertiary alicyclic amines) is 1. The lowest BCUT2D eigenvalue weighted by molar-refractivity contribution is -0.132. The minimum absolute atomic E-state index is 0.203. The van der Waals surface area contributed by atoms with Gasteiger partial charge in [0.25, 0.3) is 11.5 Å². The van der Waals surface area contributed by atoms with Crippen LogP contribution in [-0.4, -0.2) is 104 Å². The number of rotatable bonds is 11. The zero-order valence-electron chi connectivity index (χ0n) is 31.1. The maximum absolute atomic E-state index is 13.3. The highest BCUT2D eigenvalue weighted by Gasteiger charge is 2.45. The summed E-state index contributed by atoms with van der Waals surface area (Å²) in [5.41, 5.74) is 2.31. The molecule has 3 aromatic heterocycles. The highest BCUT2D eigenvalue weighted by molar-refractivity contribution is 7.17. The van der Waals surface area contributed by atoms with Crippen molar-refractivity contribution in [1.82, 2.24) is 34.3 Å². The van der Waals surface area contributed by atoms with E-state index in [9.17, 15) is 19.2 Å². The van der Waals surface area contributed by atoms with Crippen molar-refractivity contribution in [2.24, 2.45) is 0 Å². The number of aromatic nitrogens is 5. The Bertz CT molecular complexity index is 2350. The number of nitrogens with zero attached hydrogens (tertiary/aromatic N) is 8. The number of piperazine rings is 2. The predicted octanol–water partition coefficient (Wildman–Crippen LogP) is 4.43. The molecule has 17 heteroatoms. The van der Waals surface area contributed by atoms with Gasteiger partial charge in [0.05, 0.1) is 28.6 Å². The second kappa shape index (κ2) is 15.9. The zero-order valence-corrected chi connectivity index (χ0v) is 32.6. The molecule has 2 unspecified atom stereocenters. The first-order chi connectivity index (χ1) is 27.1. The standard InChI is InChI=1S/C39H42ClN11O4S/c1-24-5-3-6-30(40)36(24)46-37(54)31-21-41-38(56-31)44-32-20-33(43-25(2)42-32)48-17-15-47(16-18-48)13-4-7-35(53)51-23-28-19-29(51)22-50(28)27-10-8-26(9-11-27)49-14-12-34(52)45-39(49)55/h3,5-6,8-12,14,20-21,28-29H,4,7,13,15-19,22-23H2,1-2H3,(H,46,54)(H,45,52,55)(H,41,42,43,44). The van der Waals surface area contributed by atoms with Gasteiger partial charge in [-0.1, -0.05) is 35.1 Å². The van der Waals surface area contributed by atoms with Crippen molar-refractivity contribution in [3.63, 3.8) is 0 Å². The Kier molecular flexibility index (Phi) is 10.6. The Hall–Kier alpha value is -5.58. The van der Waals surface area contributed by atoms with Gasteiger partial charge in [0.2, 0.25) is 5.91 Å². The van der Waals surface area contributed by atoms with E-state index >= 15 is 0 Å². The first-order valence-electron chi connectivity index (χ1n) is 18.7. The van der Waals surface area contributed by atoms with Crippen LogP contribution in [0.5, 0.6) is 0 Å². The molecular weight excluding hydrogens is 754 g/mol.